The van der Waals surface area contributed by atoms with E-state index in [0.29, 0.717) is 32.7 Å². The van der Waals surface area contributed by atoms with E-state index in [1.165, 1.54) is 12.7 Å². The third kappa shape index (κ3) is 6.41. The van der Waals surface area contributed by atoms with E-state index in [0.717, 1.165) is 71.0 Å². The first-order valence-electron chi connectivity index (χ1n) is 14.0. The summed E-state index contributed by atoms with van der Waals surface area (Å²) >= 11 is 0. The first-order chi connectivity index (χ1) is 19.4. The van der Waals surface area contributed by atoms with Gasteiger partial charge in [-0.05, 0) is 78.8 Å². The van der Waals surface area contributed by atoms with E-state index in [9.17, 15) is 9.59 Å². The summed E-state index contributed by atoms with van der Waals surface area (Å²) in [6.07, 6.45) is 2.79. The van der Waals surface area contributed by atoms with E-state index < -0.39 is 0 Å². The third-order valence-corrected chi connectivity index (χ3v) is 7.65. The molecule has 40 heavy (non-hydrogen) atoms. The normalized spacial score (nSPS) is 16.0. The number of esters is 1. The second-order valence-corrected chi connectivity index (χ2v) is 10.6. The molecule has 1 fully saturated rings. The van der Waals surface area contributed by atoms with Crippen LogP contribution in [0.15, 0.2) is 54.6 Å². The van der Waals surface area contributed by atoms with Gasteiger partial charge in [-0.2, -0.15) is 0 Å². The Morgan fingerprint density at radius 1 is 1.02 bits per heavy atom. The lowest BCUT2D eigenvalue weighted by atomic mass is 9.94. The van der Waals surface area contributed by atoms with Crippen LogP contribution in [0, 0.1) is 13.8 Å². The van der Waals surface area contributed by atoms with Crippen LogP contribution in [0.3, 0.4) is 0 Å². The van der Waals surface area contributed by atoms with Gasteiger partial charge in [0.15, 0.2) is 0 Å². The van der Waals surface area contributed by atoms with E-state index in [-0.39, 0.29) is 17.8 Å². The average Bonchev–Trinajstić information content (AvgIpc) is 3.54. The van der Waals surface area contributed by atoms with Crippen molar-refractivity contribution in [2.75, 3.05) is 33.4 Å². The number of fused-ring (bicyclic) bond motifs is 1. The molecule has 2 heterocycles. The lowest BCUT2D eigenvalue weighted by Crippen LogP contribution is -2.26. The Morgan fingerprint density at radius 2 is 1.85 bits per heavy atom. The number of aryl methyl sites for hydroxylation is 2. The van der Waals surface area contributed by atoms with Gasteiger partial charge in [0.2, 0.25) is 5.91 Å². The van der Waals surface area contributed by atoms with E-state index in [1.54, 1.807) is 0 Å². The number of benzene rings is 3. The fourth-order valence-corrected chi connectivity index (χ4v) is 5.63. The monoisotopic (exact) mass is 543 g/mol. The van der Waals surface area contributed by atoms with Crippen LogP contribution in [0.25, 0.3) is 11.1 Å². The van der Waals surface area contributed by atoms with Crippen LogP contribution in [-0.2, 0) is 20.9 Å². The van der Waals surface area contributed by atoms with Crippen molar-refractivity contribution in [2.24, 2.45) is 0 Å². The summed E-state index contributed by atoms with van der Waals surface area (Å²) in [6, 6.07) is 18.4. The van der Waals surface area contributed by atoms with Crippen LogP contribution in [-0.4, -0.2) is 50.2 Å². The van der Waals surface area contributed by atoms with Gasteiger partial charge in [0.05, 0.1) is 26.7 Å². The average molecular weight is 544 g/mol. The van der Waals surface area contributed by atoms with Gasteiger partial charge in [-0.25, -0.2) is 0 Å². The lowest BCUT2D eigenvalue weighted by molar-refractivity contribution is -0.141. The molecule has 0 saturated carbocycles. The molecule has 1 amide bonds. The number of rotatable bonds is 11. The number of ether oxygens (including phenoxy) is 4. The Kier molecular flexibility index (Phi) is 8.58. The fraction of sp³-hybridized carbons (Fsp3) is 0.394. The summed E-state index contributed by atoms with van der Waals surface area (Å²) < 4.78 is 22.8. The number of amides is 1. The van der Waals surface area contributed by atoms with Gasteiger partial charge >= 0.3 is 5.97 Å². The second-order valence-electron chi connectivity index (χ2n) is 10.6. The van der Waals surface area contributed by atoms with E-state index in [2.05, 4.69) is 50.2 Å². The highest BCUT2D eigenvalue weighted by molar-refractivity contribution is 5.78. The number of carbonyl (C=O) groups is 2. The lowest BCUT2D eigenvalue weighted by Gasteiger charge is -2.17. The molecule has 5 rings (SSSR count). The van der Waals surface area contributed by atoms with Gasteiger partial charge < -0.3 is 23.8 Å². The molecule has 3 aromatic rings. The van der Waals surface area contributed by atoms with Crippen molar-refractivity contribution in [3.63, 3.8) is 0 Å². The van der Waals surface area contributed by atoms with Crippen molar-refractivity contribution in [1.29, 1.82) is 0 Å². The Morgan fingerprint density at radius 3 is 2.60 bits per heavy atom. The van der Waals surface area contributed by atoms with Crippen LogP contribution in [0.5, 0.6) is 17.2 Å². The highest BCUT2D eigenvalue weighted by Crippen LogP contribution is 2.39. The van der Waals surface area contributed by atoms with E-state index >= 15 is 0 Å². The van der Waals surface area contributed by atoms with Crippen LogP contribution < -0.4 is 14.2 Å². The molecule has 1 atom stereocenters. The molecule has 0 N–H and O–H groups in total. The first kappa shape index (κ1) is 27.6. The van der Waals surface area contributed by atoms with Crippen molar-refractivity contribution >= 4 is 11.9 Å². The zero-order chi connectivity index (χ0) is 28.1. The Hall–Kier alpha value is -4.00. The van der Waals surface area contributed by atoms with Crippen LogP contribution in [0.2, 0.25) is 0 Å². The van der Waals surface area contributed by atoms with Crippen molar-refractivity contribution in [3.05, 3.63) is 76.9 Å². The van der Waals surface area contributed by atoms with Gasteiger partial charge in [-0.1, -0.05) is 24.3 Å². The molecule has 2 aliphatic rings. The molecule has 210 valence electrons. The topological polar surface area (TPSA) is 74.3 Å². The molecule has 0 aromatic heterocycles. The SMILES string of the molecule is COC(=O)C[C@@H]1COc2cc(OCc3cccc(-c4c(C)cc(OCCCN5CCCC5=O)cc4C)c3)ccc21. The molecule has 0 bridgehead atoms. The predicted octanol–water partition coefficient (Wildman–Crippen LogP) is 5.98. The Labute approximate surface area is 236 Å². The zero-order valence-electron chi connectivity index (χ0n) is 23.5. The maximum atomic E-state index is 11.8. The quantitative estimate of drug-likeness (QED) is 0.219. The smallest absolute Gasteiger partial charge is 0.306 e. The molecule has 0 radical (unpaired) electrons. The third-order valence-electron chi connectivity index (χ3n) is 7.65. The van der Waals surface area contributed by atoms with Gasteiger partial charge in [0, 0.05) is 37.1 Å². The minimum absolute atomic E-state index is 0.0112. The van der Waals surface area contributed by atoms with Crippen molar-refractivity contribution in [1.82, 2.24) is 4.90 Å². The molecule has 7 nitrogen and oxygen atoms in total. The maximum absolute atomic E-state index is 11.8. The minimum atomic E-state index is -0.235. The standard InChI is InChI=1S/C33H37NO6/c1-22-15-28(38-14-6-13-34-12-5-9-31(34)35)16-23(2)33(22)25-8-4-7-24(17-25)20-39-27-10-11-29-26(18-32(36)37-3)21-40-30(29)19-27/h4,7-8,10-11,15-17,19,26H,5-6,9,12-14,18,20-21H2,1-3H3/t26-/m1/s1. The molecule has 2 aliphatic heterocycles. The molecule has 1 saturated heterocycles. The van der Waals surface area contributed by atoms with Crippen molar-refractivity contribution < 1.29 is 28.5 Å². The van der Waals surface area contributed by atoms with Crippen LogP contribution >= 0.6 is 0 Å². The van der Waals surface area contributed by atoms with Gasteiger partial charge in [0.1, 0.15) is 23.9 Å². The number of methoxy groups -OCH3 is 1. The summed E-state index contributed by atoms with van der Waals surface area (Å²) in [5, 5.41) is 0. The second kappa shape index (κ2) is 12.5. The Balaban J connectivity index is 1.19. The van der Waals surface area contributed by atoms with Crippen molar-refractivity contribution in [2.45, 2.75) is 52.1 Å². The number of carbonyl (C=O) groups excluding carboxylic acids is 2. The maximum Gasteiger partial charge on any atom is 0.306 e. The molecule has 0 aliphatic carbocycles. The molecular weight excluding hydrogens is 506 g/mol. The number of nitrogens with zero attached hydrogens (tertiary/aromatic N) is 1. The van der Waals surface area contributed by atoms with E-state index in [4.69, 9.17) is 18.9 Å². The van der Waals surface area contributed by atoms with Crippen LogP contribution in [0.1, 0.15) is 53.9 Å². The van der Waals surface area contributed by atoms with Crippen LogP contribution in [0.4, 0.5) is 0 Å². The van der Waals surface area contributed by atoms with Crippen molar-refractivity contribution in [3.8, 4) is 28.4 Å². The molecule has 0 spiro atoms. The van der Waals surface area contributed by atoms with Gasteiger partial charge in [0.25, 0.3) is 0 Å². The summed E-state index contributed by atoms with van der Waals surface area (Å²) in [7, 11) is 1.40. The summed E-state index contributed by atoms with van der Waals surface area (Å²) in [4.78, 5) is 25.4. The highest BCUT2D eigenvalue weighted by atomic mass is 16.5. The molecule has 3 aromatic carbocycles. The predicted molar refractivity (Wildman–Crippen MR) is 153 cm³/mol. The number of likely N-dealkylation sites (tertiary alicyclic amines) is 1. The molecule has 0 unspecified atom stereocenters. The van der Waals surface area contributed by atoms with Gasteiger partial charge in [-0.15, -0.1) is 0 Å². The number of hydrogen-bond acceptors (Lipinski definition) is 6. The summed E-state index contributed by atoms with van der Waals surface area (Å²) in [5.74, 6) is 2.39. The Bertz CT molecular complexity index is 1360. The molecular formula is C33H37NO6. The summed E-state index contributed by atoms with van der Waals surface area (Å²) in [6.45, 7) is 7.34. The summed E-state index contributed by atoms with van der Waals surface area (Å²) in [5.41, 5.74) is 6.72. The highest BCUT2D eigenvalue weighted by Gasteiger charge is 2.27. The van der Waals surface area contributed by atoms with E-state index in [1.807, 2.05) is 23.1 Å². The fourth-order valence-electron chi connectivity index (χ4n) is 5.63. The zero-order valence-corrected chi connectivity index (χ0v) is 23.5. The first-order valence-corrected chi connectivity index (χ1v) is 14.0. The largest absolute Gasteiger partial charge is 0.494 e. The number of hydrogen-bond donors (Lipinski definition) is 0. The molecule has 7 heteroatoms. The van der Waals surface area contributed by atoms with Gasteiger partial charge in [-0.3, -0.25) is 9.59 Å². The minimum Gasteiger partial charge on any atom is -0.494 e.